The number of carbonyl (C=O) groups is 2. The SMILES string of the molecule is COc1ccc(OC)c(C(=O)NNC(=O)c2ccco2)c1. The van der Waals surface area contributed by atoms with E-state index in [9.17, 15) is 9.59 Å². The molecule has 0 fully saturated rings. The number of benzene rings is 1. The average molecular weight is 290 g/mol. The van der Waals surface area contributed by atoms with Crippen LogP contribution < -0.4 is 20.3 Å². The summed E-state index contributed by atoms with van der Waals surface area (Å²) in [5.41, 5.74) is 4.76. The van der Waals surface area contributed by atoms with Gasteiger partial charge in [0.1, 0.15) is 11.5 Å². The van der Waals surface area contributed by atoms with Gasteiger partial charge in [0.2, 0.25) is 0 Å². The van der Waals surface area contributed by atoms with E-state index < -0.39 is 11.8 Å². The van der Waals surface area contributed by atoms with Crippen LogP contribution in [0.2, 0.25) is 0 Å². The van der Waals surface area contributed by atoms with Gasteiger partial charge < -0.3 is 13.9 Å². The monoisotopic (exact) mass is 290 g/mol. The molecule has 0 unspecified atom stereocenters. The molecule has 1 aromatic heterocycles. The highest BCUT2D eigenvalue weighted by Gasteiger charge is 2.15. The first-order valence-electron chi connectivity index (χ1n) is 6.02. The summed E-state index contributed by atoms with van der Waals surface area (Å²) in [5, 5.41) is 0. The molecule has 2 aromatic rings. The van der Waals surface area contributed by atoms with Crippen LogP contribution in [0.1, 0.15) is 20.9 Å². The summed E-state index contributed by atoms with van der Waals surface area (Å²) in [6.07, 6.45) is 1.36. The summed E-state index contributed by atoms with van der Waals surface area (Å²) in [6, 6.07) is 7.82. The van der Waals surface area contributed by atoms with Crippen LogP contribution in [0, 0.1) is 0 Å². The van der Waals surface area contributed by atoms with E-state index in [2.05, 4.69) is 10.9 Å². The number of hydrogen-bond acceptors (Lipinski definition) is 5. The summed E-state index contributed by atoms with van der Waals surface area (Å²) in [4.78, 5) is 23.7. The van der Waals surface area contributed by atoms with Gasteiger partial charge in [0, 0.05) is 0 Å². The summed E-state index contributed by atoms with van der Waals surface area (Å²) < 4.78 is 15.1. The van der Waals surface area contributed by atoms with Gasteiger partial charge in [-0.15, -0.1) is 0 Å². The number of methoxy groups -OCH3 is 2. The number of rotatable bonds is 4. The van der Waals surface area contributed by atoms with Crippen molar-refractivity contribution in [1.29, 1.82) is 0 Å². The lowest BCUT2D eigenvalue weighted by molar-refractivity contribution is 0.0829. The Morgan fingerprint density at radius 3 is 2.43 bits per heavy atom. The zero-order valence-corrected chi connectivity index (χ0v) is 11.5. The van der Waals surface area contributed by atoms with E-state index in [0.29, 0.717) is 11.5 Å². The van der Waals surface area contributed by atoms with Crippen LogP contribution in [0.5, 0.6) is 11.5 Å². The van der Waals surface area contributed by atoms with Crippen molar-refractivity contribution in [2.45, 2.75) is 0 Å². The zero-order valence-electron chi connectivity index (χ0n) is 11.5. The second kappa shape index (κ2) is 6.47. The van der Waals surface area contributed by atoms with Crippen LogP contribution in [0.4, 0.5) is 0 Å². The molecule has 0 bridgehead atoms. The molecule has 0 radical (unpaired) electrons. The molecule has 1 aromatic carbocycles. The number of nitrogens with one attached hydrogen (secondary N) is 2. The predicted octanol–water partition coefficient (Wildman–Crippen LogP) is 1.37. The fourth-order valence-electron chi connectivity index (χ4n) is 1.64. The number of hydrogen-bond donors (Lipinski definition) is 2. The number of ether oxygens (including phenoxy) is 2. The van der Waals surface area contributed by atoms with Crippen molar-refractivity contribution < 1.29 is 23.5 Å². The van der Waals surface area contributed by atoms with Crippen molar-refractivity contribution in [3.05, 3.63) is 47.9 Å². The van der Waals surface area contributed by atoms with E-state index in [1.807, 2.05) is 0 Å². The molecule has 0 atom stereocenters. The molecule has 110 valence electrons. The topological polar surface area (TPSA) is 89.8 Å². The molecule has 7 heteroatoms. The van der Waals surface area contributed by atoms with Gasteiger partial charge in [0.15, 0.2) is 5.76 Å². The van der Waals surface area contributed by atoms with Crippen LogP contribution in [0.3, 0.4) is 0 Å². The minimum atomic E-state index is -0.560. The largest absolute Gasteiger partial charge is 0.497 e. The molecular formula is C14H14N2O5. The standard InChI is InChI=1S/C14H14N2O5/c1-19-9-5-6-11(20-2)10(8-9)13(17)15-16-14(18)12-4-3-7-21-12/h3-8H,1-2H3,(H,15,17)(H,16,18). The van der Waals surface area contributed by atoms with E-state index in [0.717, 1.165) is 0 Å². The van der Waals surface area contributed by atoms with Gasteiger partial charge in [-0.2, -0.15) is 0 Å². The average Bonchev–Trinajstić information content (AvgIpc) is 3.06. The van der Waals surface area contributed by atoms with Crippen LogP contribution in [0.15, 0.2) is 41.0 Å². The third-order valence-electron chi connectivity index (χ3n) is 2.69. The molecule has 0 spiro atoms. The lowest BCUT2D eigenvalue weighted by atomic mass is 10.2. The first kappa shape index (κ1) is 14.4. The van der Waals surface area contributed by atoms with E-state index in [1.165, 1.54) is 32.6 Å². The number of carbonyl (C=O) groups excluding carboxylic acids is 2. The maximum absolute atomic E-state index is 12.1. The van der Waals surface area contributed by atoms with Crippen LogP contribution >= 0.6 is 0 Å². The second-order valence-electron chi connectivity index (χ2n) is 3.95. The van der Waals surface area contributed by atoms with E-state index in [4.69, 9.17) is 13.9 Å². The molecule has 7 nitrogen and oxygen atoms in total. The van der Waals surface area contributed by atoms with Crippen molar-refractivity contribution in [2.75, 3.05) is 14.2 Å². The highest BCUT2D eigenvalue weighted by Crippen LogP contribution is 2.23. The van der Waals surface area contributed by atoms with Gasteiger partial charge in [0.25, 0.3) is 5.91 Å². The maximum Gasteiger partial charge on any atom is 0.305 e. The van der Waals surface area contributed by atoms with Crippen molar-refractivity contribution in [2.24, 2.45) is 0 Å². The molecule has 2 rings (SSSR count). The third kappa shape index (κ3) is 3.33. The predicted molar refractivity (Wildman–Crippen MR) is 73.2 cm³/mol. The molecule has 0 saturated carbocycles. The zero-order chi connectivity index (χ0) is 15.2. The van der Waals surface area contributed by atoms with Crippen LogP contribution in [-0.4, -0.2) is 26.0 Å². The Morgan fingerprint density at radius 1 is 1.05 bits per heavy atom. The summed E-state index contributed by atoms with van der Waals surface area (Å²) in [7, 11) is 2.93. The molecule has 0 aliphatic carbocycles. The Balaban J connectivity index is 2.08. The summed E-state index contributed by atoms with van der Waals surface area (Å²) >= 11 is 0. The first-order valence-corrected chi connectivity index (χ1v) is 6.02. The van der Waals surface area contributed by atoms with E-state index in [1.54, 1.807) is 18.2 Å². The normalized spacial score (nSPS) is 9.81. The molecule has 2 amide bonds. The lowest BCUT2D eigenvalue weighted by Crippen LogP contribution is -2.41. The molecular weight excluding hydrogens is 276 g/mol. The van der Waals surface area contributed by atoms with Gasteiger partial charge >= 0.3 is 5.91 Å². The fraction of sp³-hybridized carbons (Fsp3) is 0.143. The Hall–Kier alpha value is -2.96. The van der Waals surface area contributed by atoms with Gasteiger partial charge in [0.05, 0.1) is 26.0 Å². The Bertz CT molecular complexity index is 637. The first-order chi connectivity index (χ1) is 10.2. The quantitative estimate of drug-likeness (QED) is 0.830. The Kier molecular flexibility index (Phi) is 4.45. The maximum atomic E-state index is 12.1. The third-order valence-corrected chi connectivity index (χ3v) is 2.69. The highest BCUT2D eigenvalue weighted by molar-refractivity contribution is 5.99. The van der Waals surface area contributed by atoms with Gasteiger partial charge in [-0.05, 0) is 30.3 Å². The van der Waals surface area contributed by atoms with Crippen molar-refractivity contribution in [3.63, 3.8) is 0 Å². The highest BCUT2D eigenvalue weighted by atomic mass is 16.5. The van der Waals surface area contributed by atoms with E-state index in [-0.39, 0.29) is 11.3 Å². The molecule has 0 aliphatic heterocycles. The Labute approximate surface area is 120 Å². The molecule has 2 N–H and O–H groups in total. The minimum absolute atomic E-state index is 0.0907. The molecule has 21 heavy (non-hydrogen) atoms. The number of hydrazine groups is 1. The van der Waals surface area contributed by atoms with Crippen LogP contribution in [0.25, 0.3) is 0 Å². The molecule has 1 heterocycles. The molecule has 0 aliphatic rings. The lowest BCUT2D eigenvalue weighted by Gasteiger charge is -2.11. The van der Waals surface area contributed by atoms with E-state index >= 15 is 0 Å². The van der Waals surface area contributed by atoms with Gasteiger partial charge in [-0.1, -0.05) is 0 Å². The van der Waals surface area contributed by atoms with Crippen molar-refractivity contribution >= 4 is 11.8 Å². The number of furan rings is 1. The number of amides is 2. The summed E-state index contributed by atoms with van der Waals surface area (Å²) in [6.45, 7) is 0. The molecule has 0 saturated heterocycles. The van der Waals surface area contributed by atoms with Crippen molar-refractivity contribution in [3.8, 4) is 11.5 Å². The van der Waals surface area contributed by atoms with Gasteiger partial charge in [-0.25, -0.2) is 0 Å². The van der Waals surface area contributed by atoms with Crippen molar-refractivity contribution in [1.82, 2.24) is 10.9 Å². The summed E-state index contributed by atoms with van der Waals surface area (Å²) in [5.74, 6) is -0.146. The minimum Gasteiger partial charge on any atom is -0.497 e. The fourth-order valence-corrected chi connectivity index (χ4v) is 1.64. The van der Waals surface area contributed by atoms with Gasteiger partial charge in [-0.3, -0.25) is 20.4 Å². The second-order valence-corrected chi connectivity index (χ2v) is 3.95. The Morgan fingerprint density at radius 2 is 1.81 bits per heavy atom. The smallest absolute Gasteiger partial charge is 0.305 e. The van der Waals surface area contributed by atoms with Crippen LogP contribution in [-0.2, 0) is 0 Å².